The second kappa shape index (κ2) is 10.5. The summed E-state index contributed by atoms with van der Waals surface area (Å²) in [6.07, 6.45) is 6.10. The number of benzene rings is 3. The van der Waals surface area contributed by atoms with Gasteiger partial charge in [-0.15, -0.1) is 0 Å². The van der Waals surface area contributed by atoms with Crippen LogP contribution in [0.1, 0.15) is 55.2 Å². The summed E-state index contributed by atoms with van der Waals surface area (Å²) in [6.45, 7) is 7.34. The highest BCUT2D eigenvalue weighted by Gasteiger charge is 2.22. The summed E-state index contributed by atoms with van der Waals surface area (Å²) in [4.78, 5) is 14.4. The molecule has 1 saturated heterocycles. The molecule has 1 fully saturated rings. The fourth-order valence-corrected chi connectivity index (χ4v) is 5.25. The van der Waals surface area contributed by atoms with Crippen LogP contribution in [-0.2, 0) is 11.3 Å². The minimum absolute atomic E-state index is 0.0947. The van der Waals surface area contributed by atoms with Gasteiger partial charge in [-0.1, -0.05) is 55.0 Å². The quantitative estimate of drug-likeness (QED) is 0.317. The summed E-state index contributed by atoms with van der Waals surface area (Å²) in [7, 11) is 0. The normalized spacial score (nSPS) is 14.9. The van der Waals surface area contributed by atoms with Gasteiger partial charge in [0.25, 0.3) is 0 Å². The van der Waals surface area contributed by atoms with Crippen LogP contribution in [0.25, 0.3) is 16.6 Å². The van der Waals surface area contributed by atoms with Crippen molar-refractivity contribution in [2.75, 3.05) is 18.4 Å². The summed E-state index contributed by atoms with van der Waals surface area (Å²) in [6, 6.07) is 26.0. The molecule has 4 nitrogen and oxygen atoms in total. The lowest BCUT2D eigenvalue weighted by atomic mass is 9.89. The van der Waals surface area contributed by atoms with Crippen molar-refractivity contribution in [1.82, 2.24) is 9.47 Å². The number of aromatic nitrogens is 1. The lowest BCUT2D eigenvalue weighted by Crippen LogP contribution is -2.32. The molecule has 0 unspecified atom stereocenters. The highest BCUT2D eigenvalue weighted by Crippen LogP contribution is 2.31. The number of carbonyl (C=O) groups excluding carboxylic acids is 1. The molecule has 4 aromatic rings. The van der Waals surface area contributed by atoms with Crippen molar-refractivity contribution >= 4 is 22.5 Å². The van der Waals surface area contributed by atoms with E-state index >= 15 is 0 Å². The van der Waals surface area contributed by atoms with E-state index in [0.29, 0.717) is 12.3 Å². The maximum atomic E-state index is 11.8. The minimum Gasteiger partial charge on any atom is -0.326 e. The van der Waals surface area contributed by atoms with Gasteiger partial charge in [-0.25, -0.2) is 0 Å². The molecule has 35 heavy (non-hydrogen) atoms. The fraction of sp³-hybridized carbons (Fsp3) is 0.323. The number of anilines is 1. The molecule has 1 aliphatic rings. The molecule has 0 bridgehead atoms. The molecule has 1 amide bonds. The van der Waals surface area contributed by atoms with Gasteiger partial charge in [-0.05, 0) is 86.7 Å². The van der Waals surface area contributed by atoms with E-state index < -0.39 is 0 Å². The Labute approximate surface area is 208 Å². The fourth-order valence-electron chi connectivity index (χ4n) is 5.25. The molecule has 180 valence electrons. The zero-order chi connectivity index (χ0) is 24.2. The zero-order valence-corrected chi connectivity index (χ0v) is 20.8. The second-order valence-corrected chi connectivity index (χ2v) is 9.85. The molecule has 0 saturated carbocycles. The van der Waals surface area contributed by atoms with Crippen LogP contribution in [0.15, 0.2) is 79.0 Å². The molecule has 0 spiro atoms. The first kappa shape index (κ1) is 23.4. The van der Waals surface area contributed by atoms with E-state index in [9.17, 15) is 4.79 Å². The number of nitrogens with one attached hydrogen (secondary N) is 1. The van der Waals surface area contributed by atoms with Crippen LogP contribution in [0.3, 0.4) is 0 Å². The molecule has 0 atom stereocenters. The van der Waals surface area contributed by atoms with E-state index in [-0.39, 0.29) is 5.91 Å². The minimum atomic E-state index is 0.0947. The van der Waals surface area contributed by atoms with Gasteiger partial charge >= 0.3 is 0 Å². The van der Waals surface area contributed by atoms with Gasteiger partial charge in [-0.3, -0.25) is 9.69 Å². The number of piperidine rings is 1. The third kappa shape index (κ3) is 5.33. The van der Waals surface area contributed by atoms with Crippen molar-refractivity contribution in [1.29, 1.82) is 0 Å². The number of rotatable bonds is 7. The second-order valence-electron chi connectivity index (χ2n) is 9.85. The number of para-hydroxylation sites is 1. The Kier molecular flexibility index (Phi) is 7.01. The van der Waals surface area contributed by atoms with Crippen molar-refractivity contribution < 1.29 is 4.79 Å². The molecule has 1 aliphatic heterocycles. The predicted molar refractivity (Wildman–Crippen MR) is 145 cm³/mol. The van der Waals surface area contributed by atoms with Crippen LogP contribution < -0.4 is 5.32 Å². The van der Waals surface area contributed by atoms with Gasteiger partial charge in [0.2, 0.25) is 5.91 Å². The van der Waals surface area contributed by atoms with E-state index in [0.717, 1.165) is 44.6 Å². The summed E-state index contributed by atoms with van der Waals surface area (Å²) >= 11 is 0. The van der Waals surface area contributed by atoms with Crippen molar-refractivity contribution in [3.8, 4) is 5.69 Å². The van der Waals surface area contributed by atoms with Crippen LogP contribution in [0.5, 0.6) is 0 Å². The number of likely N-dealkylation sites (tertiary alicyclic amines) is 1. The number of hydrogen-bond acceptors (Lipinski definition) is 2. The molecule has 2 heterocycles. The van der Waals surface area contributed by atoms with Gasteiger partial charge in [0.15, 0.2) is 0 Å². The highest BCUT2D eigenvalue weighted by molar-refractivity contribution is 5.90. The third-order valence-corrected chi connectivity index (χ3v) is 7.23. The maximum absolute atomic E-state index is 11.8. The Balaban J connectivity index is 1.24. The number of carbonyl (C=O) groups is 1. The number of hydrogen-bond donors (Lipinski definition) is 1. The van der Waals surface area contributed by atoms with Crippen LogP contribution in [0.2, 0.25) is 0 Å². The van der Waals surface area contributed by atoms with Crippen LogP contribution in [0, 0.1) is 6.92 Å². The summed E-state index contributed by atoms with van der Waals surface area (Å²) < 4.78 is 2.33. The summed E-state index contributed by atoms with van der Waals surface area (Å²) in [5, 5.41) is 4.33. The Hall–Kier alpha value is -3.37. The zero-order valence-electron chi connectivity index (χ0n) is 20.8. The Morgan fingerprint density at radius 1 is 0.943 bits per heavy atom. The first-order chi connectivity index (χ1) is 17.1. The predicted octanol–water partition coefficient (Wildman–Crippen LogP) is 7.06. The van der Waals surface area contributed by atoms with Crippen LogP contribution in [-0.4, -0.2) is 28.5 Å². The largest absolute Gasteiger partial charge is 0.326 e. The molecule has 0 aliphatic carbocycles. The van der Waals surface area contributed by atoms with Gasteiger partial charge in [-0.2, -0.15) is 0 Å². The molecular formula is C31H35N3O. The summed E-state index contributed by atoms with van der Waals surface area (Å²) in [5.74, 6) is 0.679. The number of fused-ring (bicyclic) bond motifs is 1. The van der Waals surface area contributed by atoms with E-state index in [1.807, 2.05) is 6.92 Å². The SMILES string of the molecule is CCCC(=O)Nc1ccc(C2CCN(Cc3cn(-c4ccc(C)cc4)c4ccccc34)CC2)cc1. The topological polar surface area (TPSA) is 37.3 Å². The number of nitrogens with zero attached hydrogens (tertiary/aromatic N) is 2. The van der Waals surface area contributed by atoms with Crippen molar-refractivity contribution in [2.24, 2.45) is 0 Å². The van der Waals surface area contributed by atoms with Gasteiger partial charge in [0.05, 0.1) is 5.52 Å². The summed E-state index contributed by atoms with van der Waals surface area (Å²) in [5.41, 5.74) is 7.44. The third-order valence-electron chi connectivity index (χ3n) is 7.23. The van der Waals surface area contributed by atoms with Crippen LogP contribution >= 0.6 is 0 Å². The number of aryl methyl sites for hydroxylation is 1. The Morgan fingerprint density at radius 2 is 1.66 bits per heavy atom. The van der Waals surface area contributed by atoms with Crippen molar-refractivity contribution in [3.05, 3.63) is 95.7 Å². The maximum Gasteiger partial charge on any atom is 0.224 e. The van der Waals surface area contributed by atoms with Crippen molar-refractivity contribution in [3.63, 3.8) is 0 Å². The van der Waals surface area contributed by atoms with Crippen LogP contribution in [0.4, 0.5) is 5.69 Å². The van der Waals surface area contributed by atoms with E-state index in [2.05, 4.69) is 101 Å². The molecular weight excluding hydrogens is 430 g/mol. The average Bonchev–Trinajstić information content (AvgIpc) is 3.24. The lowest BCUT2D eigenvalue weighted by Gasteiger charge is -2.32. The number of amides is 1. The standard InChI is InChI=1S/C31H35N3O/c1-3-6-31(35)32-27-13-11-24(12-14-27)25-17-19-33(20-18-25)21-26-22-34(28-15-9-23(2)10-16-28)30-8-5-4-7-29(26)30/h4-5,7-16,22,25H,3,6,17-21H2,1-2H3,(H,32,35). The Morgan fingerprint density at radius 3 is 2.37 bits per heavy atom. The van der Waals surface area contributed by atoms with Gasteiger partial charge < -0.3 is 9.88 Å². The van der Waals surface area contributed by atoms with E-state index in [1.54, 1.807) is 0 Å². The lowest BCUT2D eigenvalue weighted by molar-refractivity contribution is -0.116. The van der Waals surface area contributed by atoms with Gasteiger partial charge in [0.1, 0.15) is 0 Å². The monoisotopic (exact) mass is 465 g/mol. The molecule has 1 N–H and O–H groups in total. The Bertz CT molecular complexity index is 1280. The van der Waals surface area contributed by atoms with Gasteiger partial charge in [0, 0.05) is 35.9 Å². The average molecular weight is 466 g/mol. The van der Waals surface area contributed by atoms with Crippen molar-refractivity contribution in [2.45, 2.75) is 52.0 Å². The molecule has 3 aromatic carbocycles. The van der Waals surface area contributed by atoms with E-state index in [4.69, 9.17) is 0 Å². The first-order valence-electron chi connectivity index (χ1n) is 12.9. The smallest absolute Gasteiger partial charge is 0.224 e. The molecule has 4 heteroatoms. The highest BCUT2D eigenvalue weighted by atomic mass is 16.1. The molecule has 0 radical (unpaired) electrons. The first-order valence-corrected chi connectivity index (χ1v) is 12.9. The molecule has 5 rings (SSSR count). The van der Waals surface area contributed by atoms with E-state index in [1.165, 1.54) is 33.3 Å². The molecule has 1 aromatic heterocycles.